The van der Waals surface area contributed by atoms with Gasteiger partial charge in [0.2, 0.25) is 0 Å². The van der Waals surface area contributed by atoms with Crippen molar-refractivity contribution in [3.8, 4) is 0 Å². The minimum Gasteiger partial charge on any atom is -0.398 e. The predicted molar refractivity (Wildman–Crippen MR) is 54.0 cm³/mol. The van der Waals surface area contributed by atoms with Gasteiger partial charge in [0.15, 0.2) is 0 Å². The molecule has 3 heteroatoms. The monoisotopic (exact) mass is 229 g/mol. The van der Waals surface area contributed by atoms with Crippen molar-refractivity contribution in [2.75, 3.05) is 5.73 Å². The van der Waals surface area contributed by atoms with Gasteiger partial charge in [-0.3, -0.25) is 0 Å². The molecule has 0 amide bonds. The maximum Gasteiger partial charge on any atom is 0.0685 e. The van der Waals surface area contributed by atoms with E-state index in [-0.39, 0.29) is 6.61 Å². The Hall–Kier alpha value is -0.540. The highest BCUT2D eigenvalue weighted by molar-refractivity contribution is 9.10. The number of rotatable bonds is 1. The van der Waals surface area contributed by atoms with Gasteiger partial charge in [0.1, 0.15) is 0 Å². The molecule has 0 fully saturated rings. The van der Waals surface area contributed by atoms with Crippen LogP contribution in [0.2, 0.25) is 0 Å². The van der Waals surface area contributed by atoms with Crippen LogP contribution >= 0.6 is 15.9 Å². The van der Waals surface area contributed by atoms with E-state index >= 15 is 0 Å². The smallest absolute Gasteiger partial charge is 0.0685 e. The zero-order valence-corrected chi connectivity index (χ0v) is 8.77. The van der Waals surface area contributed by atoms with Gasteiger partial charge < -0.3 is 10.8 Å². The molecule has 0 aliphatic carbocycles. The number of aliphatic hydroxyl groups excluding tert-OH is 1. The van der Waals surface area contributed by atoms with Gasteiger partial charge in [-0.2, -0.15) is 0 Å². The molecule has 0 saturated carbocycles. The van der Waals surface area contributed by atoms with Crippen LogP contribution < -0.4 is 5.73 Å². The highest BCUT2D eigenvalue weighted by Gasteiger charge is 2.07. The van der Waals surface area contributed by atoms with Crippen LogP contribution in [0.5, 0.6) is 0 Å². The molecule has 1 aromatic carbocycles. The van der Waals surface area contributed by atoms with Crippen LogP contribution in [0.1, 0.15) is 16.7 Å². The fourth-order valence-electron chi connectivity index (χ4n) is 1.12. The van der Waals surface area contributed by atoms with E-state index in [1.54, 1.807) is 0 Å². The van der Waals surface area contributed by atoms with Gasteiger partial charge in [0.05, 0.1) is 6.61 Å². The molecule has 1 rings (SSSR count). The van der Waals surface area contributed by atoms with Crippen molar-refractivity contribution < 1.29 is 5.11 Å². The molecule has 0 spiro atoms. The van der Waals surface area contributed by atoms with Crippen LogP contribution in [0.3, 0.4) is 0 Å². The fourth-order valence-corrected chi connectivity index (χ4v) is 1.61. The van der Waals surface area contributed by atoms with Gasteiger partial charge in [-0.15, -0.1) is 0 Å². The van der Waals surface area contributed by atoms with E-state index in [0.29, 0.717) is 0 Å². The summed E-state index contributed by atoms with van der Waals surface area (Å²) in [5.74, 6) is 0. The quantitative estimate of drug-likeness (QED) is 0.726. The molecule has 0 aliphatic heterocycles. The zero-order valence-electron chi connectivity index (χ0n) is 7.19. The van der Waals surface area contributed by atoms with Crippen LogP contribution in [-0.2, 0) is 6.61 Å². The third-order valence-electron chi connectivity index (χ3n) is 2.12. The molecule has 0 radical (unpaired) electrons. The average Bonchev–Trinajstić information content (AvgIpc) is 2.08. The first kappa shape index (κ1) is 9.55. The lowest BCUT2D eigenvalue weighted by molar-refractivity contribution is 0.281. The largest absolute Gasteiger partial charge is 0.398 e. The number of hydrogen-bond acceptors (Lipinski definition) is 2. The molecule has 1 aromatic rings. The SMILES string of the molecule is Cc1c(Br)cc(CO)c(C)c1N. The Morgan fingerprint density at radius 2 is 2.00 bits per heavy atom. The molecular weight excluding hydrogens is 218 g/mol. The summed E-state index contributed by atoms with van der Waals surface area (Å²) in [5.41, 5.74) is 9.46. The molecule has 0 heterocycles. The zero-order chi connectivity index (χ0) is 9.30. The topological polar surface area (TPSA) is 46.2 Å². The molecule has 12 heavy (non-hydrogen) atoms. The summed E-state index contributed by atoms with van der Waals surface area (Å²) in [7, 11) is 0. The van der Waals surface area contributed by atoms with Gasteiger partial charge in [-0.05, 0) is 36.6 Å². The molecule has 0 atom stereocenters. The maximum absolute atomic E-state index is 8.98. The lowest BCUT2D eigenvalue weighted by atomic mass is 10.0. The summed E-state index contributed by atoms with van der Waals surface area (Å²) in [6.07, 6.45) is 0. The molecule has 0 aromatic heterocycles. The Bertz CT molecular complexity index is 310. The highest BCUT2D eigenvalue weighted by atomic mass is 79.9. The predicted octanol–water partition coefficient (Wildman–Crippen LogP) is 2.14. The van der Waals surface area contributed by atoms with Gasteiger partial charge in [0, 0.05) is 10.2 Å². The number of nitrogen functional groups attached to an aromatic ring is 1. The van der Waals surface area contributed by atoms with Crippen LogP contribution in [0, 0.1) is 13.8 Å². The first-order chi connectivity index (χ1) is 5.57. The molecule has 2 nitrogen and oxygen atoms in total. The standard InChI is InChI=1S/C9H12BrNO/c1-5-7(4-12)3-8(10)6(2)9(5)11/h3,12H,4,11H2,1-2H3. The van der Waals surface area contributed by atoms with E-state index in [2.05, 4.69) is 15.9 Å². The van der Waals surface area contributed by atoms with E-state index in [1.807, 2.05) is 19.9 Å². The average molecular weight is 230 g/mol. The minimum absolute atomic E-state index is 0.0366. The van der Waals surface area contributed by atoms with E-state index in [0.717, 1.165) is 26.9 Å². The Balaban J connectivity index is 3.39. The van der Waals surface area contributed by atoms with Crippen LogP contribution in [0.15, 0.2) is 10.5 Å². The third kappa shape index (κ3) is 1.47. The Morgan fingerprint density at radius 1 is 1.42 bits per heavy atom. The number of halogens is 1. The summed E-state index contributed by atoms with van der Waals surface area (Å²) in [5, 5.41) is 8.98. The lowest BCUT2D eigenvalue weighted by Crippen LogP contribution is -1.99. The number of nitrogens with two attached hydrogens (primary N) is 1. The fraction of sp³-hybridized carbons (Fsp3) is 0.333. The lowest BCUT2D eigenvalue weighted by Gasteiger charge is -2.10. The van der Waals surface area contributed by atoms with Crippen molar-refractivity contribution in [1.82, 2.24) is 0 Å². The third-order valence-corrected chi connectivity index (χ3v) is 2.94. The van der Waals surface area contributed by atoms with Gasteiger partial charge in [-0.1, -0.05) is 15.9 Å². The summed E-state index contributed by atoms with van der Waals surface area (Å²) in [6, 6.07) is 1.90. The van der Waals surface area contributed by atoms with Crippen molar-refractivity contribution in [3.63, 3.8) is 0 Å². The summed E-state index contributed by atoms with van der Waals surface area (Å²) in [4.78, 5) is 0. The van der Waals surface area contributed by atoms with E-state index < -0.39 is 0 Å². The minimum atomic E-state index is 0.0366. The second kappa shape index (κ2) is 3.46. The normalized spacial score (nSPS) is 10.3. The Kier molecular flexibility index (Phi) is 2.75. The van der Waals surface area contributed by atoms with Gasteiger partial charge >= 0.3 is 0 Å². The van der Waals surface area contributed by atoms with Crippen molar-refractivity contribution >= 4 is 21.6 Å². The second-order valence-electron chi connectivity index (χ2n) is 2.84. The first-order valence-corrected chi connectivity index (χ1v) is 4.52. The molecule has 66 valence electrons. The summed E-state index contributed by atoms with van der Waals surface area (Å²) >= 11 is 3.38. The van der Waals surface area contributed by atoms with Crippen molar-refractivity contribution in [1.29, 1.82) is 0 Å². The molecule has 0 unspecified atom stereocenters. The molecule has 3 N–H and O–H groups in total. The van der Waals surface area contributed by atoms with Crippen LogP contribution in [0.4, 0.5) is 5.69 Å². The van der Waals surface area contributed by atoms with E-state index in [9.17, 15) is 0 Å². The van der Waals surface area contributed by atoms with E-state index in [4.69, 9.17) is 10.8 Å². The van der Waals surface area contributed by atoms with Crippen LogP contribution in [-0.4, -0.2) is 5.11 Å². The summed E-state index contributed by atoms with van der Waals surface area (Å²) in [6.45, 7) is 3.91. The number of anilines is 1. The molecule has 0 bridgehead atoms. The summed E-state index contributed by atoms with van der Waals surface area (Å²) < 4.78 is 0.953. The molecule has 0 saturated heterocycles. The Labute approximate surface area is 80.5 Å². The molecule has 0 aliphatic rings. The first-order valence-electron chi connectivity index (χ1n) is 3.72. The number of aliphatic hydroxyl groups is 1. The molecular formula is C9H12BrNO. The second-order valence-corrected chi connectivity index (χ2v) is 3.69. The van der Waals surface area contributed by atoms with Crippen molar-refractivity contribution in [2.24, 2.45) is 0 Å². The highest BCUT2D eigenvalue weighted by Crippen LogP contribution is 2.28. The van der Waals surface area contributed by atoms with Crippen molar-refractivity contribution in [2.45, 2.75) is 20.5 Å². The van der Waals surface area contributed by atoms with E-state index in [1.165, 1.54) is 0 Å². The maximum atomic E-state index is 8.98. The number of hydrogen-bond donors (Lipinski definition) is 2. The Morgan fingerprint density at radius 3 is 2.50 bits per heavy atom. The number of benzene rings is 1. The van der Waals surface area contributed by atoms with Gasteiger partial charge in [-0.25, -0.2) is 0 Å². The van der Waals surface area contributed by atoms with Crippen molar-refractivity contribution in [3.05, 3.63) is 27.2 Å². The van der Waals surface area contributed by atoms with Crippen LogP contribution in [0.25, 0.3) is 0 Å². The van der Waals surface area contributed by atoms with Gasteiger partial charge in [0.25, 0.3) is 0 Å².